The van der Waals surface area contributed by atoms with Crippen LogP contribution in [0, 0.1) is 0 Å². The number of rotatable bonds is 45. The third-order valence-corrected chi connectivity index (χ3v) is 11.2. The summed E-state index contributed by atoms with van der Waals surface area (Å²) in [6.07, 6.45) is 51.0. The Morgan fingerprint density at radius 2 is 0.966 bits per heavy atom. The topological polar surface area (TPSA) is 142 Å². The van der Waals surface area contributed by atoms with Crippen molar-refractivity contribution >= 4 is 23.8 Å². The minimum absolute atomic E-state index is 0.121. The number of carboxylic acids is 1. The molecule has 0 aromatic carbocycles. The van der Waals surface area contributed by atoms with Gasteiger partial charge in [0.05, 0.1) is 13.2 Å². The zero-order valence-electron chi connectivity index (χ0n) is 38.3. The average Bonchev–Trinajstić information content (AvgIpc) is 3.22. The molecule has 0 rings (SSSR count). The van der Waals surface area contributed by atoms with E-state index >= 15 is 0 Å². The number of ether oxygens (including phenoxy) is 1. The summed E-state index contributed by atoms with van der Waals surface area (Å²) in [4.78, 5) is 47.6. The van der Waals surface area contributed by atoms with E-state index in [1.54, 1.807) is 0 Å². The molecule has 2 unspecified atom stereocenters. The fourth-order valence-corrected chi connectivity index (χ4v) is 7.37. The Hall–Kier alpha value is -2.68. The van der Waals surface area contributed by atoms with Crippen LogP contribution in [0.25, 0.3) is 0 Å². The lowest BCUT2D eigenvalue weighted by molar-refractivity contribution is -0.147. The van der Waals surface area contributed by atoms with Gasteiger partial charge in [-0.05, 0) is 51.0 Å². The summed E-state index contributed by atoms with van der Waals surface area (Å²) in [5.74, 6) is -2.41. The highest BCUT2D eigenvalue weighted by molar-refractivity contribution is 5.87. The van der Waals surface area contributed by atoms with Crippen molar-refractivity contribution in [2.24, 2.45) is 0 Å². The summed E-state index contributed by atoms with van der Waals surface area (Å²) in [5, 5.41) is 22.6. The van der Waals surface area contributed by atoms with Crippen LogP contribution >= 0.6 is 0 Å². The van der Waals surface area contributed by atoms with Crippen molar-refractivity contribution in [3.63, 3.8) is 0 Å². The van der Waals surface area contributed by atoms with Gasteiger partial charge in [-0.1, -0.05) is 205 Å². The van der Waals surface area contributed by atoms with Crippen LogP contribution in [0.4, 0.5) is 0 Å². The molecule has 0 saturated carbocycles. The van der Waals surface area contributed by atoms with Crippen LogP contribution in [0.5, 0.6) is 0 Å². The summed E-state index contributed by atoms with van der Waals surface area (Å²) < 4.78 is 5.92. The summed E-state index contributed by atoms with van der Waals surface area (Å²) in [5.41, 5.74) is 0. The predicted octanol–water partition coefficient (Wildman–Crippen LogP) is 12.8. The third-order valence-electron chi connectivity index (χ3n) is 11.2. The Morgan fingerprint density at radius 1 is 0.525 bits per heavy atom. The Bertz CT molecular complexity index is 1050. The lowest BCUT2D eigenvalue weighted by atomic mass is 10.0. The first-order valence-electron chi connectivity index (χ1n) is 24.7. The van der Waals surface area contributed by atoms with E-state index in [9.17, 15) is 19.2 Å². The molecule has 0 heterocycles. The van der Waals surface area contributed by atoms with E-state index in [0.717, 1.165) is 51.4 Å². The van der Waals surface area contributed by atoms with E-state index in [-0.39, 0.29) is 30.9 Å². The van der Waals surface area contributed by atoms with Crippen molar-refractivity contribution < 1.29 is 34.1 Å². The summed E-state index contributed by atoms with van der Waals surface area (Å²) >= 11 is 0. The number of carbonyl (C=O) groups excluding carboxylic acids is 3. The molecule has 2 amide bonds. The van der Waals surface area contributed by atoms with Crippen molar-refractivity contribution in [3.05, 3.63) is 24.3 Å². The number of unbranched alkanes of at least 4 members (excludes halogenated alkanes) is 29. The van der Waals surface area contributed by atoms with Gasteiger partial charge in [-0.2, -0.15) is 0 Å². The zero-order chi connectivity index (χ0) is 43.3. The van der Waals surface area contributed by atoms with Crippen molar-refractivity contribution in [1.29, 1.82) is 0 Å². The highest BCUT2D eigenvalue weighted by Crippen LogP contribution is 2.17. The molecule has 0 fully saturated rings. The predicted molar refractivity (Wildman–Crippen MR) is 245 cm³/mol. The molecule has 0 saturated heterocycles. The van der Waals surface area contributed by atoms with Gasteiger partial charge in [-0.3, -0.25) is 14.4 Å². The molecular weight excluding hydrogens is 741 g/mol. The number of esters is 1. The molecule has 9 nitrogen and oxygen atoms in total. The van der Waals surface area contributed by atoms with Gasteiger partial charge in [0, 0.05) is 12.8 Å². The third kappa shape index (κ3) is 41.8. The quantitative estimate of drug-likeness (QED) is 0.0272. The van der Waals surface area contributed by atoms with Crippen LogP contribution in [0.15, 0.2) is 24.3 Å². The van der Waals surface area contributed by atoms with Gasteiger partial charge >= 0.3 is 11.9 Å². The molecule has 0 aliphatic heterocycles. The van der Waals surface area contributed by atoms with Crippen molar-refractivity contribution in [2.75, 3.05) is 13.2 Å². The first-order valence-corrected chi connectivity index (χ1v) is 24.7. The van der Waals surface area contributed by atoms with Crippen molar-refractivity contribution in [3.8, 4) is 0 Å². The molecule has 0 aliphatic rings. The summed E-state index contributed by atoms with van der Waals surface area (Å²) in [6.45, 7) is 3.45. The maximum Gasteiger partial charge on any atom is 0.328 e. The number of aliphatic hydroxyl groups is 1. The van der Waals surface area contributed by atoms with Gasteiger partial charge in [-0.15, -0.1) is 0 Å². The van der Waals surface area contributed by atoms with Gasteiger partial charge in [-0.25, -0.2) is 4.79 Å². The van der Waals surface area contributed by atoms with Crippen molar-refractivity contribution in [2.45, 2.75) is 257 Å². The molecule has 0 aromatic rings. The summed E-state index contributed by atoms with van der Waals surface area (Å²) in [7, 11) is 0. The van der Waals surface area contributed by atoms with Gasteiger partial charge in [0.1, 0.15) is 12.1 Å². The second-order valence-electron chi connectivity index (χ2n) is 16.9. The van der Waals surface area contributed by atoms with Crippen LogP contribution in [-0.2, 0) is 23.9 Å². The van der Waals surface area contributed by atoms with Crippen LogP contribution in [0.2, 0.25) is 0 Å². The molecule has 344 valence electrons. The number of nitrogens with one attached hydrogen (secondary N) is 2. The highest BCUT2D eigenvalue weighted by atomic mass is 16.5. The number of amides is 2. The number of hydrogen-bond acceptors (Lipinski definition) is 6. The van der Waals surface area contributed by atoms with Gasteiger partial charge < -0.3 is 25.6 Å². The van der Waals surface area contributed by atoms with E-state index in [4.69, 9.17) is 14.9 Å². The Balaban J connectivity index is 4.11. The SMILES string of the molecule is CCCCCC/C=C\C/C=C\C(CCCCCCC(=O)NCC(=O)NC(CO)C(=O)O)OC(=O)CCCCCCCCCCCCCCCCCCCCCCCCC. The molecule has 2 atom stereocenters. The van der Waals surface area contributed by atoms with Gasteiger partial charge in [0.25, 0.3) is 0 Å². The Morgan fingerprint density at radius 3 is 1.44 bits per heavy atom. The molecule has 0 bridgehead atoms. The molecule has 59 heavy (non-hydrogen) atoms. The first-order chi connectivity index (χ1) is 28.8. The molecule has 0 aliphatic carbocycles. The average molecular weight is 833 g/mol. The van der Waals surface area contributed by atoms with Crippen LogP contribution in [0.1, 0.15) is 245 Å². The van der Waals surface area contributed by atoms with Gasteiger partial charge in [0.2, 0.25) is 11.8 Å². The van der Waals surface area contributed by atoms with Crippen LogP contribution in [-0.4, -0.2) is 59.3 Å². The number of carbonyl (C=O) groups is 4. The largest absolute Gasteiger partial charge is 0.480 e. The number of hydrogen-bond donors (Lipinski definition) is 4. The second kappa shape index (κ2) is 44.9. The van der Waals surface area contributed by atoms with E-state index in [2.05, 4.69) is 42.7 Å². The molecule has 0 radical (unpaired) electrons. The Kier molecular flexibility index (Phi) is 42.8. The lowest BCUT2D eigenvalue weighted by Gasteiger charge is -2.15. The molecule has 9 heteroatoms. The molecule has 0 spiro atoms. The maximum absolute atomic E-state index is 12.8. The van der Waals surface area contributed by atoms with Crippen LogP contribution in [0.3, 0.4) is 0 Å². The van der Waals surface area contributed by atoms with Crippen LogP contribution < -0.4 is 10.6 Å². The standard InChI is InChI=1S/C50H92N2O7/c1-3-5-7-9-11-13-14-15-16-17-18-19-20-21-22-23-24-25-26-28-30-32-38-42-49(56)59-45(39-35-31-29-27-12-10-8-6-4-2)40-36-33-34-37-41-47(54)51-43-48(55)52-46(44-53)50(57)58/h27,29,35,39,45-46,53H,3-26,28,30-34,36-38,40-44H2,1-2H3,(H,51,54)(H,52,55)(H,57,58)/b29-27-,39-35-. The number of aliphatic carboxylic acids is 1. The van der Waals surface area contributed by atoms with E-state index in [1.807, 2.05) is 6.08 Å². The van der Waals surface area contributed by atoms with E-state index in [0.29, 0.717) is 12.8 Å². The highest BCUT2D eigenvalue weighted by Gasteiger charge is 2.19. The fourth-order valence-electron chi connectivity index (χ4n) is 7.37. The minimum atomic E-state index is -1.39. The second-order valence-corrected chi connectivity index (χ2v) is 16.9. The van der Waals surface area contributed by atoms with E-state index in [1.165, 1.54) is 161 Å². The van der Waals surface area contributed by atoms with E-state index < -0.39 is 24.5 Å². The Labute approximate surface area is 362 Å². The number of aliphatic hydroxyl groups excluding tert-OH is 1. The first kappa shape index (κ1) is 56.3. The van der Waals surface area contributed by atoms with Crippen molar-refractivity contribution in [1.82, 2.24) is 10.6 Å². The van der Waals surface area contributed by atoms with Gasteiger partial charge in [0.15, 0.2) is 0 Å². The normalized spacial score (nSPS) is 12.6. The monoisotopic (exact) mass is 833 g/mol. The molecule has 0 aromatic heterocycles. The number of carboxylic acid groups (broad SMARTS) is 1. The lowest BCUT2D eigenvalue weighted by Crippen LogP contribution is -2.47. The number of allylic oxidation sites excluding steroid dienone is 3. The molecule has 4 N–H and O–H groups in total. The minimum Gasteiger partial charge on any atom is -0.480 e. The maximum atomic E-state index is 12.8. The fraction of sp³-hybridized carbons (Fsp3) is 0.840. The zero-order valence-corrected chi connectivity index (χ0v) is 38.3. The summed E-state index contributed by atoms with van der Waals surface area (Å²) in [6, 6.07) is -1.39. The molecular formula is C50H92N2O7. The smallest absolute Gasteiger partial charge is 0.328 e.